The van der Waals surface area contributed by atoms with Gasteiger partial charge in [0.1, 0.15) is 40.0 Å². The Morgan fingerprint density at radius 2 is 1.88 bits per heavy atom. The van der Waals surface area contributed by atoms with Crippen molar-refractivity contribution >= 4 is 17.4 Å². The highest BCUT2D eigenvalue weighted by molar-refractivity contribution is 5.93. The van der Waals surface area contributed by atoms with Crippen LogP contribution in [-0.2, 0) is 4.79 Å². The molecule has 0 atom stereocenters. The second-order valence-electron chi connectivity index (χ2n) is 6.66. The molecule has 11 nitrogen and oxygen atoms in total. The van der Waals surface area contributed by atoms with Crippen LogP contribution in [0.25, 0.3) is 11.3 Å². The summed E-state index contributed by atoms with van der Waals surface area (Å²) in [6, 6.07) is 9.51. The van der Waals surface area contributed by atoms with Gasteiger partial charge in [-0.2, -0.15) is 0 Å². The number of hydrogen-bond acceptors (Lipinski definition) is 10. The van der Waals surface area contributed by atoms with E-state index in [9.17, 15) is 24.7 Å². The zero-order valence-electron chi connectivity index (χ0n) is 16.9. The Balaban J connectivity index is 0.00000363. The number of ketones is 1. The molecule has 0 aliphatic rings. The smallest absolute Gasteiger partial charge is 0.273 e. The van der Waals surface area contributed by atoms with Gasteiger partial charge in [0.15, 0.2) is 11.5 Å². The van der Waals surface area contributed by atoms with E-state index < -0.39 is 5.91 Å². The Kier molecular flexibility index (Phi) is 8.02. The summed E-state index contributed by atoms with van der Waals surface area (Å²) in [6.45, 7) is 1.77. The van der Waals surface area contributed by atoms with Gasteiger partial charge in [-0.1, -0.05) is 5.16 Å². The first-order valence-electron chi connectivity index (χ1n) is 9.29. The van der Waals surface area contributed by atoms with Gasteiger partial charge in [0.05, 0.1) is 0 Å². The molecule has 0 fully saturated rings. The maximum absolute atomic E-state index is 12.2. The van der Waals surface area contributed by atoms with Crippen molar-refractivity contribution in [1.82, 2.24) is 10.5 Å². The molecule has 0 aliphatic heterocycles. The van der Waals surface area contributed by atoms with Crippen LogP contribution in [0.3, 0.4) is 0 Å². The maximum atomic E-state index is 12.2. The monoisotopic (exact) mass is 442 g/mol. The van der Waals surface area contributed by atoms with Gasteiger partial charge in [-0.15, -0.1) is 4.91 Å². The molecule has 168 valence electrons. The molecule has 0 unspecified atom stereocenters. The summed E-state index contributed by atoms with van der Waals surface area (Å²) in [7, 11) is 0. The minimum Gasteiger partial charge on any atom is -0.870 e. The summed E-state index contributed by atoms with van der Waals surface area (Å²) < 4.78 is 10.9. The average molecular weight is 442 g/mol. The third-order valence-corrected chi connectivity index (χ3v) is 4.22. The predicted octanol–water partition coefficient (Wildman–Crippen LogP) is 3.87. The molecule has 1 amide bonds. The van der Waals surface area contributed by atoms with Crippen LogP contribution in [0.15, 0.2) is 52.2 Å². The molecule has 1 heterocycles. The van der Waals surface area contributed by atoms with Crippen molar-refractivity contribution in [3.05, 3.63) is 53.1 Å². The lowest BCUT2D eigenvalue weighted by Crippen LogP contribution is -2.25. The van der Waals surface area contributed by atoms with Gasteiger partial charge in [0.25, 0.3) is 5.91 Å². The van der Waals surface area contributed by atoms with Crippen LogP contribution in [0.2, 0.25) is 0 Å². The van der Waals surface area contributed by atoms with E-state index in [-0.39, 0.29) is 51.2 Å². The first kappa shape index (κ1) is 24.0. The van der Waals surface area contributed by atoms with Gasteiger partial charge >= 0.3 is 0 Å². The van der Waals surface area contributed by atoms with E-state index in [1.54, 1.807) is 0 Å². The lowest BCUT2D eigenvalue weighted by molar-refractivity contribution is -0.117. The lowest BCUT2D eigenvalue weighted by Gasteiger charge is -2.11. The first-order valence-corrected chi connectivity index (χ1v) is 9.29. The number of aromatic hydroxyl groups is 2. The SMILES string of the molecule is CC(=O)CCCNC(=O)c1cc(-c2c(O)cc(O)cc2Oc2ccc(N=O)cc2)on1.[OH-]. The number of amides is 1. The summed E-state index contributed by atoms with van der Waals surface area (Å²) in [5.41, 5.74) is 0.247. The zero-order chi connectivity index (χ0) is 22.4. The fourth-order valence-corrected chi connectivity index (χ4v) is 2.75. The average Bonchev–Trinajstić information content (AvgIpc) is 3.21. The molecule has 0 aliphatic carbocycles. The fourth-order valence-electron chi connectivity index (χ4n) is 2.75. The molecule has 0 bridgehead atoms. The highest BCUT2D eigenvalue weighted by Crippen LogP contribution is 2.43. The van der Waals surface area contributed by atoms with Crippen LogP contribution in [-0.4, -0.2) is 39.1 Å². The Morgan fingerprint density at radius 3 is 2.53 bits per heavy atom. The van der Waals surface area contributed by atoms with Crippen LogP contribution >= 0.6 is 0 Å². The summed E-state index contributed by atoms with van der Waals surface area (Å²) in [6.07, 6.45) is 0.858. The van der Waals surface area contributed by atoms with Crippen molar-refractivity contribution in [3.8, 4) is 34.3 Å². The molecule has 0 saturated carbocycles. The molecule has 0 saturated heterocycles. The van der Waals surface area contributed by atoms with Crippen molar-refractivity contribution < 1.29 is 34.5 Å². The number of Topliss-reactive ketones (excluding diaryl/α,β-unsaturated/α-hetero) is 1. The van der Waals surface area contributed by atoms with Crippen LogP contribution in [0.1, 0.15) is 30.3 Å². The van der Waals surface area contributed by atoms with Crippen LogP contribution in [0.5, 0.6) is 23.0 Å². The first-order chi connectivity index (χ1) is 14.9. The molecular formula is C21H20N3O8-. The van der Waals surface area contributed by atoms with Gasteiger partial charge in [-0.25, -0.2) is 0 Å². The van der Waals surface area contributed by atoms with Gasteiger partial charge in [-0.3, -0.25) is 4.79 Å². The number of phenolic OH excluding ortho intramolecular Hbond substituents is 2. The van der Waals surface area contributed by atoms with Gasteiger partial charge in [0.2, 0.25) is 0 Å². The highest BCUT2D eigenvalue weighted by Gasteiger charge is 2.21. The van der Waals surface area contributed by atoms with Gasteiger partial charge < -0.3 is 35.1 Å². The minimum atomic E-state index is -0.503. The van der Waals surface area contributed by atoms with Crippen LogP contribution in [0.4, 0.5) is 5.69 Å². The predicted molar refractivity (Wildman–Crippen MR) is 111 cm³/mol. The number of rotatable bonds is 9. The molecule has 2 aromatic carbocycles. The number of benzene rings is 2. The lowest BCUT2D eigenvalue weighted by atomic mass is 10.1. The third-order valence-electron chi connectivity index (χ3n) is 4.22. The second-order valence-corrected chi connectivity index (χ2v) is 6.66. The summed E-state index contributed by atoms with van der Waals surface area (Å²) in [5, 5.41) is 29.3. The Bertz CT molecular complexity index is 1110. The molecule has 1 aromatic heterocycles. The molecule has 3 aromatic rings. The fraction of sp³-hybridized carbons (Fsp3) is 0.190. The van der Waals surface area contributed by atoms with E-state index in [0.717, 1.165) is 6.07 Å². The molecule has 0 radical (unpaired) electrons. The molecule has 11 heteroatoms. The number of hydrogen-bond donors (Lipinski definition) is 3. The van der Waals surface area contributed by atoms with Gasteiger partial charge in [0, 0.05) is 31.2 Å². The third kappa shape index (κ3) is 5.89. The summed E-state index contributed by atoms with van der Waals surface area (Å²) >= 11 is 0. The number of carbonyl (C=O) groups is 2. The normalized spacial score (nSPS) is 10.2. The number of nitrogens with zero attached hydrogens (tertiary/aromatic N) is 2. The quantitative estimate of drug-likeness (QED) is 0.327. The number of nitrogens with one attached hydrogen (secondary N) is 1. The van der Waals surface area contributed by atoms with Crippen molar-refractivity contribution in [2.75, 3.05) is 6.54 Å². The van der Waals surface area contributed by atoms with Crippen molar-refractivity contribution in [2.45, 2.75) is 19.8 Å². The van der Waals surface area contributed by atoms with Crippen molar-refractivity contribution in [2.24, 2.45) is 5.18 Å². The summed E-state index contributed by atoms with van der Waals surface area (Å²) in [4.78, 5) is 33.7. The van der Waals surface area contributed by atoms with Crippen molar-refractivity contribution in [1.29, 1.82) is 0 Å². The maximum Gasteiger partial charge on any atom is 0.273 e. The summed E-state index contributed by atoms with van der Waals surface area (Å²) in [5.74, 6) is -0.708. The van der Waals surface area contributed by atoms with Gasteiger partial charge in [-0.05, 0) is 42.8 Å². The van der Waals surface area contributed by atoms with E-state index >= 15 is 0 Å². The standard InChI is InChI=1S/C21H19N3O7.H2O/c1-12(25)3-2-8-22-21(28)16-11-19(31-24-16)20-17(27)9-14(26)10-18(20)30-15-6-4-13(23-29)5-7-15;/h4-7,9-11,26-27H,2-3,8H2,1H3,(H,22,28);1H2/p-1. The topological polar surface area (TPSA) is 181 Å². The molecular weight excluding hydrogens is 422 g/mol. The second kappa shape index (κ2) is 10.7. The van der Waals surface area contributed by atoms with E-state index in [1.165, 1.54) is 43.3 Å². The Hall–Kier alpha value is -4.25. The minimum absolute atomic E-state index is 0. The Labute approximate surface area is 181 Å². The number of ether oxygens (including phenoxy) is 1. The number of nitroso groups, excluding NO2 is 1. The highest BCUT2D eigenvalue weighted by atomic mass is 16.5. The molecule has 4 N–H and O–H groups in total. The zero-order valence-corrected chi connectivity index (χ0v) is 16.9. The van der Waals surface area contributed by atoms with Crippen LogP contribution in [0, 0.1) is 4.91 Å². The molecule has 3 rings (SSSR count). The van der Waals surface area contributed by atoms with Crippen molar-refractivity contribution in [3.63, 3.8) is 0 Å². The number of aromatic nitrogens is 1. The largest absolute Gasteiger partial charge is 0.870 e. The Morgan fingerprint density at radius 1 is 1.16 bits per heavy atom. The molecule has 0 spiro atoms. The van der Waals surface area contributed by atoms with Crippen LogP contribution < -0.4 is 10.1 Å². The van der Waals surface area contributed by atoms with E-state index in [2.05, 4.69) is 15.7 Å². The van der Waals surface area contributed by atoms with E-state index in [1.807, 2.05) is 0 Å². The number of carbonyl (C=O) groups excluding carboxylic acids is 2. The van der Waals surface area contributed by atoms with E-state index in [0.29, 0.717) is 25.1 Å². The molecule has 32 heavy (non-hydrogen) atoms. The number of phenols is 2. The van der Waals surface area contributed by atoms with E-state index in [4.69, 9.17) is 9.26 Å².